The molecule has 0 bridgehead atoms. The van der Waals surface area contributed by atoms with Crippen LogP contribution in [0.15, 0.2) is 27.4 Å². The average Bonchev–Trinajstić information content (AvgIpc) is 1.98. The van der Waals surface area contributed by atoms with E-state index < -0.39 is 0 Å². The molecular weight excluding hydrogens is 204 g/mol. The number of nitrogens with one attached hydrogen (secondary N) is 1. The van der Waals surface area contributed by atoms with Gasteiger partial charge in [-0.15, -0.1) is 0 Å². The second kappa shape index (κ2) is 4.34. The summed E-state index contributed by atoms with van der Waals surface area (Å²) in [5.74, 6) is 0.940. The van der Waals surface area contributed by atoms with Gasteiger partial charge in [0.05, 0.1) is 0 Å². The van der Waals surface area contributed by atoms with Crippen LogP contribution in [0.5, 0.6) is 0 Å². The monoisotopic (exact) mass is 214 g/mol. The van der Waals surface area contributed by atoms with Crippen molar-refractivity contribution in [3.8, 4) is 0 Å². The molecule has 11 heavy (non-hydrogen) atoms. The molecule has 0 aromatic heterocycles. The van der Waals surface area contributed by atoms with Gasteiger partial charge in [-0.1, -0.05) is 6.08 Å². The maximum atomic E-state index is 4.19. The fraction of sp³-hybridized carbons (Fsp3) is 0.375. The van der Waals surface area contributed by atoms with Gasteiger partial charge in [-0.2, -0.15) is 0 Å². The van der Waals surface area contributed by atoms with E-state index in [4.69, 9.17) is 0 Å². The second-order valence-corrected chi connectivity index (χ2v) is 3.18. The Kier molecular flexibility index (Phi) is 3.36. The molecule has 3 heteroatoms. The summed E-state index contributed by atoms with van der Waals surface area (Å²) in [6, 6.07) is 0. The first-order valence-corrected chi connectivity index (χ1v) is 4.40. The highest BCUT2D eigenvalue weighted by atomic mass is 79.9. The standard InChI is InChI=1S/C8H11BrN2/c1-10-8-5-3-2-4-7(9)6-11-8/h4-6,10H,2-3H2,1H3/b7-4?,8-5-,11-6-. The van der Waals surface area contributed by atoms with Crippen molar-refractivity contribution in [1.82, 2.24) is 5.32 Å². The molecule has 0 amide bonds. The summed E-state index contributed by atoms with van der Waals surface area (Å²) in [7, 11) is 1.88. The summed E-state index contributed by atoms with van der Waals surface area (Å²) in [5.41, 5.74) is 0. The normalized spacial score (nSPS) is 25.6. The molecule has 0 fully saturated rings. The van der Waals surface area contributed by atoms with Crippen molar-refractivity contribution in [1.29, 1.82) is 0 Å². The third kappa shape index (κ3) is 2.89. The third-order valence-electron chi connectivity index (χ3n) is 1.43. The van der Waals surface area contributed by atoms with Crippen molar-refractivity contribution in [2.24, 2.45) is 4.99 Å². The molecule has 1 aliphatic rings. The van der Waals surface area contributed by atoms with E-state index in [9.17, 15) is 0 Å². The zero-order valence-electron chi connectivity index (χ0n) is 6.47. The van der Waals surface area contributed by atoms with Crippen molar-refractivity contribution in [3.05, 3.63) is 22.5 Å². The lowest BCUT2D eigenvalue weighted by molar-refractivity contribution is 0.923. The summed E-state index contributed by atoms with van der Waals surface area (Å²) < 4.78 is 1.05. The first-order chi connectivity index (χ1) is 5.33. The van der Waals surface area contributed by atoms with Gasteiger partial charge in [-0.05, 0) is 34.8 Å². The van der Waals surface area contributed by atoms with E-state index in [1.165, 1.54) is 0 Å². The fourth-order valence-corrected chi connectivity index (χ4v) is 1.18. The van der Waals surface area contributed by atoms with E-state index in [1.54, 1.807) is 0 Å². The Hall–Kier alpha value is -0.570. The molecule has 0 aliphatic carbocycles. The summed E-state index contributed by atoms with van der Waals surface area (Å²) in [6.45, 7) is 0. The van der Waals surface area contributed by atoms with Gasteiger partial charge >= 0.3 is 0 Å². The van der Waals surface area contributed by atoms with E-state index in [2.05, 4.69) is 38.4 Å². The van der Waals surface area contributed by atoms with Crippen LogP contribution in [0, 0.1) is 0 Å². The number of hydrogen-bond acceptors (Lipinski definition) is 2. The van der Waals surface area contributed by atoms with Crippen molar-refractivity contribution >= 4 is 22.1 Å². The Labute approximate surface area is 75.2 Å². The third-order valence-corrected chi connectivity index (χ3v) is 1.96. The lowest BCUT2D eigenvalue weighted by atomic mass is 10.2. The van der Waals surface area contributed by atoms with E-state index in [0.29, 0.717) is 0 Å². The number of halogens is 1. The minimum atomic E-state index is 0.940. The first kappa shape index (κ1) is 8.53. The smallest absolute Gasteiger partial charge is 0.121 e. The molecule has 0 atom stereocenters. The van der Waals surface area contributed by atoms with E-state index in [-0.39, 0.29) is 0 Å². The molecule has 1 rings (SSSR count). The number of aliphatic imine (C=N–C) groups is 1. The van der Waals surface area contributed by atoms with Gasteiger partial charge in [-0.3, -0.25) is 0 Å². The van der Waals surface area contributed by atoms with Crippen LogP contribution in [0.25, 0.3) is 0 Å². The molecule has 0 saturated carbocycles. The molecule has 0 unspecified atom stereocenters. The van der Waals surface area contributed by atoms with Crippen LogP contribution in [0.3, 0.4) is 0 Å². The topological polar surface area (TPSA) is 24.4 Å². The van der Waals surface area contributed by atoms with Crippen molar-refractivity contribution in [2.75, 3.05) is 7.05 Å². The van der Waals surface area contributed by atoms with Gasteiger partial charge < -0.3 is 5.32 Å². The Balaban J connectivity index is 2.71. The highest BCUT2D eigenvalue weighted by molar-refractivity contribution is 9.12. The maximum Gasteiger partial charge on any atom is 0.121 e. The molecular formula is C8H11BrN2. The van der Waals surface area contributed by atoms with Crippen LogP contribution >= 0.6 is 15.9 Å². The molecule has 0 aromatic rings. The Morgan fingerprint density at radius 1 is 1.45 bits per heavy atom. The van der Waals surface area contributed by atoms with Crippen molar-refractivity contribution < 1.29 is 0 Å². The van der Waals surface area contributed by atoms with Crippen molar-refractivity contribution in [2.45, 2.75) is 12.8 Å². The highest BCUT2D eigenvalue weighted by Gasteiger charge is 1.93. The molecule has 1 N–H and O–H groups in total. The van der Waals surface area contributed by atoms with E-state index >= 15 is 0 Å². The number of nitrogens with zero attached hydrogens (tertiary/aromatic N) is 1. The molecule has 60 valence electrons. The number of rotatable bonds is 1. The van der Waals surface area contributed by atoms with Crippen LogP contribution in [0.2, 0.25) is 0 Å². The second-order valence-electron chi connectivity index (χ2n) is 2.26. The predicted molar refractivity (Wildman–Crippen MR) is 51.9 cm³/mol. The van der Waals surface area contributed by atoms with Gasteiger partial charge in [0.15, 0.2) is 0 Å². The molecule has 0 radical (unpaired) electrons. The van der Waals surface area contributed by atoms with Gasteiger partial charge in [0, 0.05) is 17.7 Å². The van der Waals surface area contributed by atoms with Crippen molar-refractivity contribution in [3.63, 3.8) is 0 Å². The Bertz CT molecular complexity index is 216. The maximum absolute atomic E-state index is 4.19. The Morgan fingerprint density at radius 3 is 2.91 bits per heavy atom. The molecule has 2 nitrogen and oxygen atoms in total. The van der Waals surface area contributed by atoms with E-state index in [0.717, 1.165) is 23.1 Å². The number of hydrogen-bond donors (Lipinski definition) is 1. The molecule has 0 spiro atoms. The zero-order chi connectivity index (χ0) is 8.10. The quantitative estimate of drug-likeness (QED) is 0.712. The fourth-order valence-electron chi connectivity index (χ4n) is 0.845. The molecule has 0 aromatic carbocycles. The molecule has 0 saturated heterocycles. The summed E-state index contributed by atoms with van der Waals surface area (Å²) in [4.78, 5) is 4.19. The van der Waals surface area contributed by atoms with Gasteiger partial charge in [0.1, 0.15) is 5.82 Å². The number of allylic oxidation sites excluding steroid dienone is 3. The summed E-state index contributed by atoms with van der Waals surface area (Å²) in [5, 5.41) is 3.01. The van der Waals surface area contributed by atoms with Crippen LogP contribution in [-0.2, 0) is 0 Å². The van der Waals surface area contributed by atoms with Crippen LogP contribution in [-0.4, -0.2) is 13.3 Å². The van der Waals surface area contributed by atoms with Crippen LogP contribution in [0.1, 0.15) is 12.8 Å². The average molecular weight is 215 g/mol. The lowest BCUT2D eigenvalue weighted by Crippen LogP contribution is -2.04. The first-order valence-electron chi connectivity index (χ1n) is 3.60. The zero-order valence-corrected chi connectivity index (χ0v) is 8.06. The van der Waals surface area contributed by atoms with Gasteiger partial charge in [0.25, 0.3) is 0 Å². The molecule has 1 aliphatic heterocycles. The van der Waals surface area contributed by atoms with Crippen LogP contribution < -0.4 is 5.32 Å². The van der Waals surface area contributed by atoms with Gasteiger partial charge in [-0.25, -0.2) is 4.99 Å². The highest BCUT2D eigenvalue weighted by Crippen LogP contribution is 2.09. The minimum absolute atomic E-state index is 0.940. The van der Waals surface area contributed by atoms with E-state index in [1.807, 2.05) is 13.3 Å². The lowest BCUT2D eigenvalue weighted by Gasteiger charge is -2.01. The summed E-state index contributed by atoms with van der Waals surface area (Å²) >= 11 is 3.39. The van der Waals surface area contributed by atoms with Gasteiger partial charge in [0.2, 0.25) is 0 Å². The predicted octanol–water partition coefficient (Wildman–Crippen LogP) is 2.19. The van der Waals surface area contributed by atoms with Crippen LogP contribution in [0.4, 0.5) is 0 Å². The SMILES string of the molecule is CNC1=C/CCC=C(Br)/C=N\1. The largest absolute Gasteiger partial charge is 0.373 e. The Morgan fingerprint density at radius 2 is 2.18 bits per heavy atom. The summed E-state index contributed by atoms with van der Waals surface area (Å²) in [6.07, 6.45) is 8.13. The molecule has 1 heterocycles. The minimum Gasteiger partial charge on any atom is -0.373 e.